The van der Waals surface area contributed by atoms with E-state index in [9.17, 15) is 31.6 Å². The third-order valence-corrected chi connectivity index (χ3v) is 5.78. The monoisotopic (exact) mass is 501 g/mol. The van der Waals surface area contributed by atoms with E-state index < -0.39 is 45.6 Å². The van der Waals surface area contributed by atoms with Gasteiger partial charge in [0.2, 0.25) is 5.91 Å². The Morgan fingerprint density at radius 1 is 1.21 bits per heavy atom. The van der Waals surface area contributed by atoms with Crippen molar-refractivity contribution in [2.45, 2.75) is 18.3 Å². The molecule has 0 spiro atoms. The van der Waals surface area contributed by atoms with E-state index >= 15 is 0 Å². The summed E-state index contributed by atoms with van der Waals surface area (Å²) < 4.78 is 66.7. The number of aromatic nitrogens is 3. The minimum atomic E-state index is -5.07. The minimum Gasteiger partial charge on any atom is -0.406 e. The third kappa shape index (κ3) is 5.71. The average molecular weight is 502 g/mol. The number of sulfone groups is 1. The largest absolute Gasteiger partial charge is 0.573 e. The van der Waals surface area contributed by atoms with E-state index in [1.807, 2.05) is 6.07 Å². The van der Waals surface area contributed by atoms with Crippen LogP contribution in [0.15, 0.2) is 36.4 Å². The molecule has 0 aliphatic rings. The summed E-state index contributed by atoms with van der Waals surface area (Å²) in [5, 5.41) is 18.8. The summed E-state index contributed by atoms with van der Waals surface area (Å²) in [6.45, 7) is -0.529. The quantitative estimate of drug-likeness (QED) is 0.524. The van der Waals surface area contributed by atoms with Crippen LogP contribution in [0.2, 0.25) is 5.02 Å². The van der Waals surface area contributed by atoms with Crippen LogP contribution in [0.4, 0.5) is 13.2 Å². The molecule has 0 fully saturated rings. The zero-order valence-corrected chi connectivity index (χ0v) is 18.4. The Hall–Kier alpha value is -3.37. The summed E-state index contributed by atoms with van der Waals surface area (Å²) in [6, 6.07) is 8.92. The number of fused-ring (bicyclic) bond motifs is 1. The van der Waals surface area contributed by atoms with E-state index in [1.54, 1.807) is 12.1 Å². The highest BCUT2D eigenvalue weighted by Gasteiger charge is 2.41. The molecule has 0 radical (unpaired) electrons. The molecule has 14 heteroatoms. The van der Waals surface area contributed by atoms with Crippen LogP contribution in [0, 0.1) is 11.3 Å². The van der Waals surface area contributed by atoms with Crippen molar-refractivity contribution < 1.29 is 31.1 Å². The van der Waals surface area contributed by atoms with E-state index in [-0.39, 0.29) is 11.1 Å². The van der Waals surface area contributed by atoms with Gasteiger partial charge in [0.15, 0.2) is 0 Å². The Labute approximate surface area is 190 Å². The molecular formula is C19H15ClF3N5O4S. The number of halogens is 4. The highest BCUT2D eigenvalue weighted by Crippen LogP contribution is 2.35. The first-order valence-corrected chi connectivity index (χ1v) is 11.4. The Balaban J connectivity index is 2.23. The number of carbonyl (C=O) groups excluding carboxylic acids is 1. The van der Waals surface area contributed by atoms with Gasteiger partial charge in [0.25, 0.3) is 0 Å². The molecule has 0 aliphatic heterocycles. The van der Waals surface area contributed by atoms with Crippen molar-refractivity contribution in [1.82, 2.24) is 15.0 Å². The van der Waals surface area contributed by atoms with Gasteiger partial charge in [0.1, 0.15) is 32.0 Å². The molecule has 174 valence electrons. The van der Waals surface area contributed by atoms with Gasteiger partial charge < -0.3 is 10.5 Å². The molecule has 1 aromatic heterocycles. The average Bonchev–Trinajstić information content (AvgIpc) is 3.05. The van der Waals surface area contributed by atoms with Crippen molar-refractivity contribution in [3.05, 3.63) is 52.5 Å². The van der Waals surface area contributed by atoms with Crippen molar-refractivity contribution in [2.24, 2.45) is 5.73 Å². The summed E-state index contributed by atoms with van der Waals surface area (Å²) in [7, 11) is -3.92. The summed E-state index contributed by atoms with van der Waals surface area (Å²) in [4.78, 5) is 13.0. The maximum Gasteiger partial charge on any atom is 0.573 e. The van der Waals surface area contributed by atoms with Gasteiger partial charge in [-0.15, -0.1) is 13.2 Å². The zero-order chi connectivity index (χ0) is 24.6. The fourth-order valence-corrected chi connectivity index (χ4v) is 4.73. The van der Waals surface area contributed by atoms with E-state index in [0.717, 1.165) is 29.3 Å². The molecule has 1 heterocycles. The van der Waals surface area contributed by atoms with Gasteiger partial charge in [-0.05, 0) is 42.0 Å². The van der Waals surface area contributed by atoms with Crippen LogP contribution in [0.3, 0.4) is 0 Å². The Morgan fingerprint density at radius 2 is 1.88 bits per heavy atom. The predicted octanol–water partition coefficient (Wildman–Crippen LogP) is 2.59. The van der Waals surface area contributed by atoms with Gasteiger partial charge in [-0.2, -0.15) is 20.3 Å². The molecule has 3 aromatic rings. The second-order valence-corrected chi connectivity index (χ2v) is 9.82. The van der Waals surface area contributed by atoms with Crippen molar-refractivity contribution in [3.8, 4) is 11.8 Å². The van der Waals surface area contributed by atoms with E-state index in [4.69, 9.17) is 17.3 Å². The zero-order valence-electron chi connectivity index (χ0n) is 16.8. The van der Waals surface area contributed by atoms with Crippen LogP contribution in [0.5, 0.6) is 5.75 Å². The molecule has 0 aliphatic carbocycles. The summed E-state index contributed by atoms with van der Waals surface area (Å²) >= 11 is 5.93. The fraction of sp³-hybridized carbons (Fsp3) is 0.263. The molecule has 2 aromatic carbocycles. The van der Waals surface area contributed by atoms with E-state index in [1.165, 1.54) is 6.07 Å². The number of primary amides is 1. The smallest absolute Gasteiger partial charge is 0.406 e. The molecule has 1 atom stereocenters. The van der Waals surface area contributed by atoms with Gasteiger partial charge in [0, 0.05) is 16.8 Å². The van der Waals surface area contributed by atoms with Gasteiger partial charge in [-0.25, -0.2) is 8.42 Å². The molecule has 1 amide bonds. The molecule has 0 saturated heterocycles. The van der Waals surface area contributed by atoms with Crippen LogP contribution in [0.1, 0.15) is 15.9 Å². The number of rotatable bonds is 7. The maximum absolute atomic E-state index is 12.8. The lowest BCUT2D eigenvalue weighted by Crippen LogP contribution is -2.40. The molecule has 33 heavy (non-hydrogen) atoms. The van der Waals surface area contributed by atoms with Gasteiger partial charge in [0.05, 0.1) is 18.4 Å². The van der Waals surface area contributed by atoms with Gasteiger partial charge in [-0.3, -0.25) is 4.79 Å². The first-order chi connectivity index (χ1) is 15.2. The molecule has 3 rings (SSSR count). The minimum absolute atomic E-state index is 0.331. The number of carbonyl (C=O) groups is 1. The Bertz CT molecular complexity index is 1380. The predicted molar refractivity (Wildman–Crippen MR) is 111 cm³/mol. The molecule has 1 unspecified atom stereocenters. The van der Waals surface area contributed by atoms with Crippen LogP contribution < -0.4 is 10.5 Å². The highest BCUT2D eigenvalue weighted by atomic mass is 35.5. The van der Waals surface area contributed by atoms with Crippen LogP contribution >= 0.6 is 11.6 Å². The number of nitrogens with two attached hydrogens (primary N) is 1. The van der Waals surface area contributed by atoms with Crippen molar-refractivity contribution in [3.63, 3.8) is 0 Å². The lowest BCUT2D eigenvalue weighted by atomic mass is 9.80. The van der Waals surface area contributed by atoms with Crippen LogP contribution in [-0.4, -0.2) is 47.7 Å². The van der Waals surface area contributed by atoms with E-state index in [2.05, 4.69) is 14.9 Å². The molecule has 0 bridgehead atoms. The Kier molecular flexibility index (Phi) is 6.27. The lowest BCUT2D eigenvalue weighted by molar-refractivity contribution is -0.274. The number of amides is 1. The number of nitrogens with zero attached hydrogens (tertiary/aromatic N) is 4. The lowest BCUT2D eigenvalue weighted by Gasteiger charge is -2.28. The molecule has 0 saturated carbocycles. The molecule has 9 nitrogen and oxygen atoms in total. The first kappa shape index (κ1) is 24.3. The number of hydrogen-bond acceptors (Lipinski definition) is 7. The second kappa shape index (κ2) is 8.53. The fourth-order valence-electron chi connectivity index (χ4n) is 3.36. The SMILES string of the molecule is CS(=O)(=O)CC(C#N)(Cn1nc2ccc(Cl)cc2n1)c1cc(OC(F)(F)F)ccc1C(N)=O. The van der Waals surface area contributed by atoms with Gasteiger partial charge in [-0.1, -0.05) is 11.6 Å². The second-order valence-electron chi connectivity index (χ2n) is 7.25. The summed E-state index contributed by atoms with van der Waals surface area (Å²) in [5.74, 6) is -2.71. The third-order valence-electron chi connectivity index (χ3n) is 4.52. The number of nitriles is 1. The standard InChI is InChI=1S/C19H15ClF3N5O4S/c1-33(30,31)10-18(8-24,9-28-26-15-5-2-11(20)6-16(15)27-28)14-7-12(32-19(21,22)23)3-4-13(14)17(25)29/h2-7H,9-10H2,1H3,(H2,25,29). The van der Waals surface area contributed by atoms with E-state index in [0.29, 0.717) is 16.1 Å². The van der Waals surface area contributed by atoms with Gasteiger partial charge >= 0.3 is 6.36 Å². The first-order valence-electron chi connectivity index (χ1n) is 9.01. The highest BCUT2D eigenvalue weighted by molar-refractivity contribution is 7.90. The van der Waals surface area contributed by atoms with Crippen molar-refractivity contribution in [2.75, 3.05) is 12.0 Å². The van der Waals surface area contributed by atoms with Crippen LogP contribution in [0.25, 0.3) is 11.0 Å². The number of ether oxygens (including phenoxy) is 1. The number of benzene rings is 2. The van der Waals surface area contributed by atoms with Crippen LogP contribution in [-0.2, 0) is 21.8 Å². The summed E-state index contributed by atoms with van der Waals surface area (Å²) in [5.41, 5.74) is 3.25. The number of hydrogen-bond donors (Lipinski definition) is 1. The van der Waals surface area contributed by atoms with Crippen molar-refractivity contribution in [1.29, 1.82) is 5.26 Å². The van der Waals surface area contributed by atoms with Crippen molar-refractivity contribution >= 4 is 38.4 Å². The molecular weight excluding hydrogens is 487 g/mol. The Morgan fingerprint density at radius 3 is 2.45 bits per heavy atom. The number of alkyl halides is 3. The maximum atomic E-state index is 12.8. The molecule has 2 N–H and O–H groups in total. The topological polar surface area (TPSA) is 141 Å². The normalized spacial score (nSPS) is 13.9. The summed E-state index contributed by atoms with van der Waals surface area (Å²) in [6.07, 6.45) is -4.23.